The summed E-state index contributed by atoms with van der Waals surface area (Å²) in [5.74, 6) is 0. The van der Waals surface area contributed by atoms with Gasteiger partial charge in [-0.25, -0.2) is 0 Å². The van der Waals surface area contributed by atoms with Gasteiger partial charge in [0.15, 0.2) is 0 Å². The number of nitrogens with zero attached hydrogens (tertiary/aromatic N) is 1. The lowest BCUT2D eigenvalue weighted by Gasteiger charge is -2.06. The van der Waals surface area contributed by atoms with Crippen molar-refractivity contribution in [3.8, 4) is 0 Å². The Morgan fingerprint density at radius 1 is 1.38 bits per heavy atom. The summed E-state index contributed by atoms with van der Waals surface area (Å²) >= 11 is 0. The van der Waals surface area contributed by atoms with Crippen LogP contribution in [0.1, 0.15) is 20.8 Å². The van der Waals surface area contributed by atoms with Crippen molar-refractivity contribution >= 4 is 5.71 Å². The highest BCUT2D eigenvalue weighted by Gasteiger charge is 2.02. The average Bonchev–Trinajstić information content (AvgIpc) is 2.06. The topological polar surface area (TPSA) is 12.4 Å². The molecular weight excluding hydrogens is 158 g/mol. The Morgan fingerprint density at radius 3 is 2.69 bits per heavy atom. The van der Waals surface area contributed by atoms with E-state index in [-0.39, 0.29) is 0 Å². The summed E-state index contributed by atoms with van der Waals surface area (Å²) in [6.45, 7) is 10.0. The molecular formula is C12H15N. The molecule has 0 amide bonds. The maximum atomic E-state index is 4.34. The minimum Gasteiger partial charge on any atom is -0.256 e. The van der Waals surface area contributed by atoms with Gasteiger partial charge in [-0.1, -0.05) is 24.3 Å². The zero-order valence-corrected chi connectivity index (χ0v) is 8.46. The number of rotatable bonds is 1. The lowest BCUT2D eigenvalue weighted by atomic mass is 10.0. The van der Waals surface area contributed by atoms with E-state index in [0.29, 0.717) is 0 Å². The van der Waals surface area contributed by atoms with Gasteiger partial charge in [0.25, 0.3) is 0 Å². The normalized spacial score (nSPS) is 18.8. The van der Waals surface area contributed by atoms with Gasteiger partial charge >= 0.3 is 0 Å². The molecule has 0 unspecified atom stereocenters. The van der Waals surface area contributed by atoms with Gasteiger partial charge < -0.3 is 0 Å². The van der Waals surface area contributed by atoms with Gasteiger partial charge in [-0.3, -0.25) is 4.99 Å². The maximum absolute atomic E-state index is 4.34. The summed E-state index contributed by atoms with van der Waals surface area (Å²) in [7, 11) is 0. The molecule has 0 aliphatic heterocycles. The molecule has 0 aromatic rings. The van der Waals surface area contributed by atoms with Crippen LogP contribution in [0.25, 0.3) is 0 Å². The van der Waals surface area contributed by atoms with Crippen LogP contribution in [0.2, 0.25) is 0 Å². The Bertz CT molecular complexity index is 334. The molecule has 0 atom stereocenters. The van der Waals surface area contributed by atoms with E-state index >= 15 is 0 Å². The van der Waals surface area contributed by atoms with Crippen molar-refractivity contribution in [1.82, 2.24) is 0 Å². The molecule has 1 heteroatoms. The first-order valence-corrected chi connectivity index (χ1v) is 4.36. The van der Waals surface area contributed by atoms with Crippen LogP contribution in [0, 0.1) is 0 Å². The fourth-order valence-electron chi connectivity index (χ4n) is 0.993. The van der Waals surface area contributed by atoms with Gasteiger partial charge in [0.2, 0.25) is 0 Å². The lowest BCUT2D eigenvalue weighted by molar-refractivity contribution is 1.33. The molecule has 0 fully saturated rings. The summed E-state index contributed by atoms with van der Waals surface area (Å²) in [6.07, 6.45) is 7.95. The number of hydrogen-bond donors (Lipinski definition) is 0. The molecule has 0 N–H and O–H groups in total. The van der Waals surface area contributed by atoms with Gasteiger partial charge in [0, 0.05) is 6.20 Å². The van der Waals surface area contributed by atoms with E-state index in [4.69, 9.17) is 0 Å². The van der Waals surface area contributed by atoms with Crippen molar-refractivity contribution < 1.29 is 0 Å². The van der Waals surface area contributed by atoms with Crippen LogP contribution in [0.3, 0.4) is 0 Å². The smallest absolute Gasteiger partial charge is 0.0698 e. The molecule has 68 valence electrons. The predicted octanol–water partition coefficient (Wildman–Crippen LogP) is 3.42. The van der Waals surface area contributed by atoms with Gasteiger partial charge in [-0.15, -0.1) is 0 Å². The number of allylic oxidation sites excluding steroid dienone is 6. The molecule has 1 aliphatic carbocycles. The molecule has 0 aromatic heterocycles. The number of aliphatic imine (C=N–C) groups is 1. The van der Waals surface area contributed by atoms with Crippen LogP contribution in [0.5, 0.6) is 0 Å². The van der Waals surface area contributed by atoms with Gasteiger partial charge in [0.05, 0.1) is 5.71 Å². The molecule has 0 heterocycles. The molecule has 0 aromatic carbocycles. The number of hydrogen-bond acceptors (Lipinski definition) is 1. The fourth-order valence-corrected chi connectivity index (χ4v) is 0.993. The van der Waals surface area contributed by atoms with Gasteiger partial charge in [0.1, 0.15) is 0 Å². The van der Waals surface area contributed by atoms with Crippen LogP contribution in [-0.4, -0.2) is 5.71 Å². The SMILES string of the molecule is C=C1C=CC(C)=C/C1=N/C=C(C)C. The maximum Gasteiger partial charge on any atom is 0.0698 e. The highest BCUT2D eigenvalue weighted by atomic mass is 14.7. The van der Waals surface area contributed by atoms with Crippen molar-refractivity contribution in [1.29, 1.82) is 0 Å². The third-order valence-corrected chi connectivity index (χ3v) is 1.70. The predicted molar refractivity (Wildman–Crippen MR) is 58.9 cm³/mol. The third kappa shape index (κ3) is 2.86. The second kappa shape index (κ2) is 4.04. The molecule has 0 bridgehead atoms. The van der Waals surface area contributed by atoms with E-state index in [0.717, 1.165) is 11.3 Å². The van der Waals surface area contributed by atoms with Crippen molar-refractivity contribution in [2.75, 3.05) is 0 Å². The third-order valence-electron chi connectivity index (χ3n) is 1.70. The van der Waals surface area contributed by atoms with Gasteiger partial charge in [-0.2, -0.15) is 0 Å². The molecule has 0 spiro atoms. The largest absolute Gasteiger partial charge is 0.256 e. The van der Waals surface area contributed by atoms with E-state index in [2.05, 4.69) is 18.5 Å². The lowest BCUT2D eigenvalue weighted by Crippen LogP contribution is -1.99. The summed E-state index contributed by atoms with van der Waals surface area (Å²) < 4.78 is 0. The van der Waals surface area contributed by atoms with Crippen LogP contribution in [0.4, 0.5) is 0 Å². The molecule has 0 radical (unpaired) electrons. The molecule has 13 heavy (non-hydrogen) atoms. The molecule has 1 nitrogen and oxygen atoms in total. The second-order valence-corrected chi connectivity index (χ2v) is 3.47. The second-order valence-electron chi connectivity index (χ2n) is 3.47. The van der Waals surface area contributed by atoms with Crippen LogP contribution < -0.4 is 0 Å². The molecule has 1 aliphatic rings. The first-order valence-electron chi connectivity index (χ1n) is 4.36. The van der Waals surface area contributed by atoms with Gasteiger partial charge in [-0.05, 0) is 38.0 Å². The Kier molecular flexibility index (Phi) is 3.02. The highest BCUT2D eigenvalue weighted by Crippen LogP contribution is 2.11. The summed E-state index contributed by atoms with van der Waals surface area (Å²) in [5.41, 5.74) is 4.35. The highest BCUT2D eigenvalue weighted by molar-refractivity contribution is 6.11. The summed E-state index contributed by atoms with van der Waals surface area (Å²) in [6, 6.07) is 0. The van der Waals surface area contributed by atoms with Crippen LogP contribution >= 0.6 is 0 Å². The Labute approximate surface area is 79.9 Å². The van der Waals surface area contributed by atoms with E-state index in [1.54, 1.807) is 0 Å². The van der Waals surface area contributed by atoms with Crippen LogP contribution in [-0.2, 0) is 0 Å². The zero-order chi connectivity index (χ0) is 9.84. The fraction of sp³-hybridized carbons (Fsp3) is 0.250. The van der Waals surface area contributed by atoms with E-state index in [9.17, 15) is 0 Å². The molecule has 0 saturated carbocycles. The quantitative estimate of drug-likeness (QED) is 0.576. The van der Waals surface area contributed by atoms with Crippen molar-refractivity contribution in [2.24, 2.45) is 4.99 Å². The standard InChI is InChI=1S/C12H15N/c1-9(2)8-13-12-7-10(3)5-6-11(12)4/h5-8H,4H2,1-3H3/b13-12-. The zero-order valence-electron chi connectivity index (χ0n) is 8.46. The Hall–Kier alpha value is -1.37. The average molecular weight is 173 g/mol. The van der Waals surface area contributed by atoms with E-state index < -0.39 is 0 Å². The van der Waals surface area contributed by atoms with E-state index in [1.807, 2.05) is 38.3 Å². The van der Waals surface area contributed by atoms with Crippen LogP contribution in [0.15, 0.2) is 52.7 Å². The minimum absolute atomic E-state index is 0.959. The van der Waals surface area contributed by atoms with Crippen molar-refractivity contribution in [3.63, 3.8) is 0 Å². The Balaban J connectivity index is 2.93. The van der Waals surface area contributed by atoms with Crippen molar-refractivity contribution in [2.45, 2.75) is 20.8 Å². The minimum atomic E-state index is 0.959. The first-order chi connectivity index (χ1) is 6.09. The molecule has 1 rings (SSSR count). The molecule has 0 saturated heterocycles. The first kappa shape index (κ1) is 9.72. The summed E-state index contributed by atoms with van der Waals surface area (Å²) in [5, 5.41) is 0. The van der Waals surface area contributed by atoms with Crippen molar-refractivity contribution in [3.05, 3.63) is 47.7 Å². The monoisotopic (exact) mass is 173 g/mol. The van der Waals surface area contributed by atoms with E-state index in [1.165, 1.54) is 11.1 Å². The summed E-state index contributed by atoms with van der Waals surface area (Å²) in [4.78, 5) is 4.34. The Morgan fingerprint density at radius 2 is 2.08 bits per heavy atom.